The number of anilines is 2. The Morgan fingerprint density at radius 3 is 2.32 bits per heavy atom. The van der Waals surface area contributed by atoms with Crippen molar-refractivity contribution < 1.29 is 22.8 Å². The number of pyridine rings is 1. The zero-order valence-corrected chi connectivity index (χ0v) is 14.8. The van der Waals surface area contributed by atoms with Gasteiger partial charge < -0.3 is 4.90 Å². The SMILES string of the molecule is CN(C(=O)CN(C(=O)C(F)(F)F)c1cccc2cccnc12)c1ccccc1. The first kappa shape index (κ1) is 19.3. The van der Waals surface area contributed by atoms with Gasteiger partial charge in [-0.3, -0.25) is 19.5 Å². The maximum Gasteiger partial charge on any atom is 0.471 e. The van der Waals surface area contributed by atoms with Gasteiger partial charge in [0.2, 0.25) is 5.91 Å². The average molecular weight is 387 g/mol. The van der Waals surface area contributed by atoms with E-state index in [0.29, 0.717) is 16.0 Å². The Morgan fingerprint density at radius 2 is 1.64 bits per heavy atom. The third-order valence-electron chi connectivity index (χ3n) is 4.20. The molecule has 28 heavy (non-hydrogen) atoms. The van der Waals surface area contributed by atoms with E-state index in [-0.39, 0.29) is 11.2 Å². The molecule has 0 unspecified atom stereocenters. The summed E-state index contributed by atoms with van der Waals surface area (Å²) >= 11 is 0. The number of alkyl halides is 3. The molecule has 0 atom stereocenters. The average Bonchev–Trinajstić information content (AvgIpc) is 2.70. The van der Waals surface area contributed by atoms with Gasteiger partial charge in [0, 0.05) is 24.3 Å². The fraction of sp³-hybridized carbons (Fsp3) is 0.150. The quantitative estimate of drug-likeness (QED) is 0.684. The van der Waals surface area contributed by atoms with Crippen molar-refractivity contribution in [2.75, 3.05) is 23.4 Å². The van der Waals surface area contributed by atoms with Crippen molar-refractivity contribution in [2.24, 2.45) is 0 Å². The second-order valence-corrected chi connectivity index (χ2v) is 6.03. The van der Waals surface area contributed by atoms with Crippen molar-refractivity contribution in [1.29, 1.82) is 0 Å². The van der Waals surface area contributed by atoms with Gasteiger partial charge in [0.1, 0.15) is 6.54 Å². The molecular weight excluding hydrogens is 371 g/mol. The lowest BCUT2D eigenvalue weighted by molar-refractivity contribution is -0.170. The number of likely N-dealkylation sites (N-methyl/N-ethyl adjacent to an activating group) is 1. The van der Waals surface area contributed by atoms with Crippen LogP contribution >= 0.6 is 0 Å². The van der Waals surface area contributed by atoms with E-state index in [1.165, 1.54) is 30.3 Å². The van der Waals surface area contributed by atoms with E-state index < -0.39 is 24.5 Å². The van der Waals surface area contributed by atoms with E-state index in [9.17, 15) is 22.8 Å². The van der Waals surface area contributed by atoms with Crippen molar-refractivity contribution in [1.82, 2.24) is 4.98 Å². The van der Waals surface area contributed by atoms with E-state index in [2.05, 4.69) is 4.98 Å². The Hall–Kier alpha value is -3.42. The van der Waals surface area contributed by atoms with E-state index in [1.54, 1.807) is 48.5 Å². The molecular formula is C20H16F3N3O2. The summed E-state index contributed by atoms with van der Waals surface area (Å²) in [7, 11) is 1.44. The van der Waals surface area contributed by atoms with Gasteiger partial charge in [0.25, 0.3) is 0 Å². The highest BCUT2D eigenvalue weighted by atomic mass is 19.4. The van der Waals surface area contributed by atoms with E-state index in [1.807, 2.05) is 0 Å². The van der Waals surface area contributed by atoms with Crippen LogP contribution in [-0.2, 0) is 9.59 Å². The van der Waals surface area contributed by atoms with E-state index >= 15 is 0 Å². The lowest BCUT2D eigenvalue weighted by Gasteiger charge is -2.26. The van der Waals surface area contributed by atoms with Gasteiger partial charge in [0.05, 0.1) is 11.2 Å². The fourth-order valence-electron chi connectivity index (χ4n) is 2.76. The molecule has 0 radical (unpaired) electrons. The summed E-state index contributed by atoms with van der Waals surface area (Å²) in [6.07, 6.45) is -3.72. The molecule has 0 saturated carbocycles. The second-order valence-electron chi connectivity index (χ2n) is 6.03. The zero-order chi connectivity index (χ0) is 20.3. The summed E-state index contributed by atoms with van der Waals surface area (Å²) in [5, 5.41) is 0.559. The molecule has 1 heterocycles. The molecule has 0 N–H and O–H groups in total. The molecule has 0 aliphatic heterocycles. The number of carbonyl (C=O) groups excluding carboxylic acids is 2. The molecule has 0 fully saturated rings. The predicted molar refractivity (Wildman–Crippen MR) is 100 cm³/mol. The second kappa shape index (κ2) is 7.67. The minimum atomic E-state index is -5.14. The Kier molecular flexibility index (Phi) is 5.30. The molecule has 0 aliphatic rings. The molecule has 0 spiro atoms. The molecule has 1 aromatic heterocycles. The first-order valence-corrected chi connectivity index (χ1v) is 8.33. The number of fused-ring (bicyclic) bond motifs is 1. The van der Waals surface area contributed by atoms with Crippen LogP contribution in [0.5, 0.6) is 0 Å². The van der Waals surface area contributed by atoms with Gasteiger partial charge in [-0.05, 0) is 24.3 Å². The van der Waals surface area contributed by atoms with Gasteiger partial charge >= 0.3 is 12.1 Å². The molecule has 0 bridgehead atoms. The Morgan fingerprint density at radius 1 is 0.964 bits per heavy atom. The van der Waals surface area contributed by atoms with Gasteiger partial charge in [-0.1, -0.05) is 36.4 Å². The number of halogens is 3. The minimum Gasteiger partial charge on any atom is -0.314 e. The minimum absolute atomic E-state index is 0.0739. The van der Waals surface area contributed by atoms with Crippen molar-refractivity contribution in [2.45, 2.75) is 6.18 Å². The predicted octanol–water partition coefficient (Wildman–Crippen LogP) is 3.79. The van der Waals surface area contributed by atoms with Crippen LogP contribution in [0.25, 0.3) is 10.9 Å². The first-order chi connectivity index (χ1) is 13.3. The number of hydrogen-bond donors (Lipinski definition) is 0. The van der Waals surface area contributed by atoms with Crippen LogP contribution in [0, 0.1) is 0 Å². The fourth-order valence-corrected chi connectivity index (χ4v) is 2.76. The summed E-state index contributed by atoms with van der Waals surface area (Å²) in [5.74, 6) is -2.79. The Labute approximate surface area is 159 Å². The van der Waals surface area contributed by atoms with Gasteiger partial charge in [0.15, 0.2) is 0 Å². The number of para-hydroxylation sites is 2. The molecule has 3 rings (SSSR count). The largest absolute Gasteiger partial charge is 0.471 e. The van der Waals surface area contributed by atoms with Crippen LogP contribution in [-0.4, -0.2) is 36.6 Å². The van der Waals surface area contributed by atoms with Crippen molar-refractivity contribution in [3.8, 4) is 0 Å². The first-order valence-electron chi connectivity index (χ1n) is 8.33. The standard InChI is InChI=1S/C20H16F3N3O2/c1-25(15-9-3-2-4-10-15)17(27)13-26(19(28)20(21,22)23)16-11-5-7-14-8-6-12-24-18(14)16/h2-12H,13H2,1H3. The third-order valence-corrected chi connectivity index (χ3v) is 4.20. The number of rotatable bonds is 4. The molecule has 0 saturated heterocycles. The Bertz CT molecular complexity index is 1000. The summed E-state index contributed by atoms with van der Waals surface area (Å²) in [5.41, 5.74) is 0.635. The molecule has 3 aromatic rings. The lowest BCUT2D eigenvalue weighted by Crippen LogP contribution is -2.47. The lowest BCUT2D eigenvalue weighted by atomic mass is 10.1. The van der Waals surface area contributed by atoms with Gasteiger partial charge in [-0.25, -0.2) is 0 Å². The van der Waals surface area contributed by atoms with Crippen LogP contribution in [0.3, 0.4) is 0 Å². The number of nitrogens with zero attached hydrogens (tertiary/aromatic N) is 3. The normalized spacial score (nSPS) is 11.3. The molecule has 8 heteroatoms. The highest BCUT2D eigenvalue weighted by molar-refractivity contribution is 6.09. The molecule has 5 nitrogen and oxygen atoms in total. The summed E-state index contributed by atoms with van der Waals surface area (Å²) in [6.45, 7) is -0.778. The molecule has 0 aliphatic carbocycles. The number of aromatic nitrogens is 1. The van der Waals surface area contributed by atoms with E-state index in [4.69, 9.17) is 0 Å². The van der Waals surface area contributed by atoms with E-state index in [0.717, 1.165) is 0 Å². The maximum atomic E-state index is 13.2. The summed E-state index contributed by atoms with van der Waals surface area (Å²) in [4.78, 5) is 30.5. The topological polar surface area (TPSA) is 53.5 Å². The number of carbonyl (C=O) groups is 2. The zero-order valence-electron chi connectivity index (χ0n) is 14.8. The Balaban J connectivity index is 2.00. The van der Waals surface area contributed by atoms with Gasteiger partial charge in [-0.15, -0.1) is 0 Å². The summed E-state index contributed by atoms with van der Waals surface area (Å²) < 4.78 is 39.7. The highest BCUT2D eigenvalue weighted by Gasteiger charge is 2.44. The van der Waals surface area contributed by atoms with Crippen LogP contribution in [0.15, 0.2) is 66.9 Å². The summed E-state index contributed by atoms with van der Waals surface area (Å²) in [6, 6.07) is 16.3. The monoisotopic (exact) mass is 387 g/mol. The highest BCUT2D eigenvalue weighted by Crippen LogP contribution is 2.29. The van der Waals surface area contributed by atoms with Crippen LogP contribution < -0.4 is 9.80 Å². The van der Waals surface area contributed by atoms with Crippen LogP contribution in [0.4, 0.5) is 24.5 Å². The maximum absolute atomic E-state index is 13.2. The van der Waals surface area contributed by atoms with Crippen LogP contribution in [0.1, 0.15) is 0 Å². The number of amides is 2. The smallest absolute Gasteiger partial charge is 0.314 e. The third kappa shape index (κ3) is 3.95. The van der Waals surface area contributed by atoms with Crippen molar-refractivity contribution in [3.05, 3.63) is 66.9 Å². The van der Waals surface area contributed by atoms with Crippen molar-refractivity contribution in [3.63, 3.8) is 0 Å². The number of benzene rings is 2. The molecule has 2 aromatic carbocycles. The molecule has 144 valence electrons. The van der Waals surface area contributed by atoms with Crippen molar-refractivity contribution >= 4 is 34.1 Å². The number of hydrogen-bond acceptors (Lipinski definition) is 3. The van der Waals surface area contributed by atoms with Gasteiger partial charge in [-0.2, -0.15) is 13.2 Å². The van der Waals surface area contributed by atoms with Crippen LogP contribution in [0.2, 0.25) is 0 Å². The molecule has 2 amide bonds.